The van der Waals surface area contributed by atoms with E-state index in [9.17, 15) is 14.7 Å². The van der Waals surface area contributed by atoms with Crippen LogP contribution >= 0.6 is 11.6 Å². The van der Waals surface area contributed by atoms with E-state index in [-0.39, 0.29) is 17.9 Å². The van der Waals surface area contributed by atoms with Crippen molar-refractivity contribution in [2.24, 2.45) is 0 Å². The molecule has 0 aliphatic carbocycles. The maximum atomic E-state index is 12.7. The number of nitrogens with zero attached hydrogens (tertiary/aromatic N) is 2. The molecule has 0 radical (unpaired) electrons. The number of aromatic nitrogens is 1. The van der Waals surface area contributed by atoms with Crippen molar-refractivity contribution < 1.29 is 14.7 Å². The van der Waals surface area contributed by atoms with Crippen LogP contribution in [0.5, 0.6) is 0 Å². The van der Waals surface area contributed by atoms with Crippen LogP contribution in [-0.2, 0) is 0 Å². The van der Waals surface area contributed by atoms with Gasteiger partial charge in [0, 0.05) is 30.5 Å². The number of halogens is 1. The topological polar surface area (TPSA) is 94.6 Å². The highest BCUT2D eigenvalue weighted by Crippen LogP contribution is 2.27. The Hall–Kier alpha value is -3.42. The van der Waals surface area contributed by atoms with E-state index >= 15 is 0 Å². The molecule has 1 aliphatic rings. The SMILES string of the molecule is Cc1cccc(C(=O)Nc2cc(NC(=O)c3ccc(N4CCC(O)CC4)nc3)ccc2Cl)c1. The average Bonchev–Trinajstić information content (AvgIpc) is 2.82. The Bertz CT molecular complexity index is 1160. The van der Waals surface area contributed by atoms with Crippen molar-refractivity contribution in [3.63, 3.8) is 0 Å². The van der Waals surface area contributed by atoms with Crippen LogP contribution < -0.4 is 15.5 Å². The quantitative estimate of drug-likeness (QED) is 0.516. The second-order valence-electron chi connectivity index (χ2n) is 8.10. The highest BCUT2D eigenvalue weighted by atomic mass is 35.5. The Kier molecular flexibility index (Phi) is 6.91. The second-order valence-corrected chi connectivity index (χ2v) is 8.50. The van der Waals surface area contributed by atoms with Crippen LogP contribution in [0.3, 0.4) is 0 Å². The van der Waals surface area contributed by atoms with Gasteiger partial charge in [-0.1, -0.05) is 29.3 Å². The summed E-state index contributed by atoms with van der Waals surface area (Å²) in [7, 11) is 0. The molecule has 1 aliphatic heterocycles. The molecule has 1 fully saturated rings. The van der Waals surface area contributed by atoms with Gasteiger partial charge >= 0.3 is 0 Å². The minimum absolute atomic E-state index is 0.253. The largest absolute Gasteiger partial charge is 0.393 e. The fourth-order valence-corrected chi connectivity index (χ4v) is 3.85. The first-order valence-corrected chi connectivity index (χ1v) is 11.1. The summed E-state index contributed by atoms with van der Waals surface area (Å²) in [5.74, 6) is 0.182. The maximum absolute atomic E-state index is 12.7. The summed E-state index contributed by atoms with van der Waals surface area (Å²) < 4.78 is 0. The molecule has 3 N–H and O–H groups in total. The van der Waals surface area contributed by atoms with Gasteiger partial charge in [0.15, 0.2) is 0 Å². The van der Waals surface area contributed by atoms with Crippen LogP contribution in [0.1, 0.15) is 39.1 Å². The zero-order valence-corrected chi connectivity index (χ0v) is 19.0. The van der Waals surface area contributed by atoms with Crippen LogP contribution in [0.15, 0.2) is 60.8 Å². The minimum atomic E-state index is -0.318. The third kappa shape index (κ3) is 5.69. The highest BCUT2D eigenvalue weighted by molar-refractivity contribution is 6.34. The first-order valence-electron chi connectivity index (χ1n) is 10.8. The number of amides is 2. The number of aliphatic hydroxyl groups is 1. The first-order chi connectivity index (χ1) is 15.9. The van der Waals surface area contributed by atoms with E-state index in [1.54, 1.807) is 36.4 Å². The molecule has 170 valence electrons. The summed E-state index contributed by atoms with van der Waals surface area (Å²) >= 11 is 6.26. The third-order valence-electron chi connectivity index (χ3n) is 5.55. The summed E-state index contributed by atoms with van der Waals surface area (Å²) in [6, 6.07) is 15.7. The third-order valence-corrected chi connectivity index (χ3v) is 5.88. The number of anilines is 3. The van der Waals surface area contributed by atoms with Gasteiger partial charge in [-0.05, 0) is 62.2 Å². The Morgan fingerprint density at radius 1 is 1.00 bits per heavy atom. The fourth-order valence-electron chi connectivity index (χ4n) is 3.69. The standard InChI is InChI=1S/C25H25ClN4O3/c1-16-3-2-4-17(13-16)24(32)29-22-14-19(6-7-21(22)26)28-25(33)18-5-8-23(27-15-18)30-11-9-20(31)10-12-30/h2-8,13-15,20,31H,9-12H2,1H3,(H,28,33)(H,29,32). The zero-order valence-electron chi connectivity index (χ0n) is 18.2. The van der Waals surface area contributed by atoms with Gasteiger partial charge in [-0.25, -0.2) is 4.98 Å². The molecule has 2 heterocycles. The molecular weight excluding hydrogens is 440 g/mol. The molecule has 0 unspecified atom stereocenters. The molecule has 7 nitrogen and oxygen atoms in total. The summed E-state index contributed by atoms with van der Waals surface area (Å²) in [4.78, 5) is 31.8. The lowest BCUT2D eigenvalue weighted by molar-refractivity contribution is 0.101. The molecule has 0 saturated carbocycles. The van der Waals surface area contributed by atoms with Gasteiger partial charge < -0.3 is 20.6 Å². The number of carbonyl (C=O) groups excluding carboxylic acids is 2. The van der Waals surface area contributed by atoms with Crippen molar-refractivity contribution in [3.8, 4) is 0 Å². The lowest BCUT2D eigenvalue weighted by Crippen LogP contribution is -2.36. The number of rotatable bonds is 5. The van der Waals surface area contributed by atoms with E-state index in [1.807, 2.05) is 25.1 Å². The monoisotopic (exact) mass is 464 g/mol. The van der Waals surface area contributed by atoms with Crippen LogP contribution in [0.25, 0.3) is 0 Å². The number of hydrogen-bond acceptors (Lipinski definition) is 5. The summed E-state index contributed by atoms with van der Waals surface area (Å²) in [5.41, 5.74) is 2.82. The normalized spacial score (nSPS) is 14.1. The molecule has 0 atom stereocenters. The fraction of sp³-hybridized carbons (Fsp3) is 0.240. The Morgan fingerprint density at radius 2 is 1.76 bits per heavy atom. The summed E-state index contributed by atoms with van der Waals surface area (Å²) in [5, 5.41) is 15.6. The molecule has 1 saturated heterocycles. The number of benzene rings is 2. The van der Waals surface area contributed by atoms with Gasteiger partial charge in [0.05, 0.1) is 22.4 Å². The van der Waals surface area contributed by atoms with Gasteiger partial charge in [-0.2, -0.15) is 0 Å². The van der Waals surface area contributed by atoms with E-state index in [0.717, 1.165) is 24.5 Å². The number of nitrogens with one attached hydrogen (secondary N) is 2. The zero-order chi connectivity index (χ0) is 23.4. The lowest BCUT2D eigenvalue weighted by Gasteiger charge is -2.30. The Labute approximate surface area is 197 Å². The van der Waals surface area contributed by atoms with Crippen molar-refractivity contribution in [1.82, 2.24) is 4.98 Å². The van der Waals surface area contributed by atoms with Crippen molar-refractivity contribution in [1.29, 1.82) is 0 Å². The highest BCUT2D eigenvalue weighted by Gasteiger charge is 2.18. The smallest absolute Gasteiger partial charge is 0.257 e. The number of aryl methyl sites for hydroxylation is 1. The van der Waals surface area contributed by atoms with Crippen molar-refractivity contribution in [3.05, 3.63) is 82.5 Å². The van der Waals surface area contributed by atoms with Crippen LogP contribution in [-0.4, -0.2) is 41.1 Å². The number of hydrogen-bond donors (Lipinski definition) is 3. The number of pyridine rings is 1. The van der Waals surface area contributed by atoms with Crippen LogP contribution in [0.2, 0.25) is 5.02 Å². The molecule has 4 rings (SSSR count). The van der Waals surface area contributed by atoms with Crippen LogP contribution in [0, 0.1) is 6.92 Å². The molecule has 0 bridgehead atoms. The molecule has 3 aromatic rings. The summed E-state index contributed by atoms with van der Waals surface area (Å²) in [6.45, 7) is 3.39. The molecule has 0 spiro atoms. The van der Waals surface area contributed by atoms with E-state index in [4.69, 9.17) is 11.6 Å². The Morgan fingerprint density at radius 3 is 2.45 bits per heavy atom. The first kappa shape index (κ1) is 22.8. The van der Waals surface area contributed by atoms with Crippen molar-refractivity contribution in [2.45, 2.75) is 25.9 Å². The number of piperidine rings is 1. The van der Waals surface area contributed by atoms with Crippen LogP contribution in [0.4, 0.5) is 17.2 Å². The molecule has 2 aromatic carbocycles. The molecular formula is C25H25ClN4O3. The summed E-state index contributed by atoms with van der Waals surface area (Å²) in [6.07, 6.45) is 2.70. The molecule has 8 heteroatoms. The predicted molar refractivity (Wildman–Crippen MR) is 130 cm³/mol. The van der Waals surface area contributed by atoms with E-state index in [2.05, 4.69) is 20.5 Å². The van der Waals surface area contributed by atoms with Gasteiger partial charge in [-0.15, -0.1) is 0 Å². The minimum Gasteiger partial charge on any atom is -0.393 e. The van der Waals surface area contributed by atoms with Gasteiger partial charge in [0.2, 0.25) is 0 Å². The average molecular weight is 465 g/mol. The molecule has 33 heavy (non-hydrogen) atoms. The van der Waals surface area contributed by atoms with Crippen molar-refractivity contribution in [2.75, 3.05) is 28.6 Å². The Balaban J connectivity index is 1.42. The maximum Gasteiger partial charge on any atom is 0.257 e. The van der Waals surface area contributed by atoms with E-state index < -0.39 is 0 Å². The van der Waals surface area contributed by atoms with Crippen molar-refractivity contribution >= 4 is 40.6 Å². The van der Waals surface area contributed by atoms with Gasteiger partial charge in [0.25, 0.3) is 11.8 Å². The van der Waals surface area contributed by atoms with Gasteiger partial charge in [-0.3, -0.25) is 9.59 Å². The van der Waals surface area contributed by atoms with E-state index in [1.165, 1.54) is 6.20 Å². The van der Waals surface area contributed by atoms with Gasteiger partial charge in [0.1, 0.15) is 5.82 Å². The second kappa shape index (κ2) is 10.0. The molecule has 1 aromatic heterocycles. The predicted octanol–water partition coefficient (Wildman–Crippen LogP) is 4.51. The van der Waals surface area contributed by atoms with E-state index in [0.29, 0.717) is 40.4 Å². The molecule has 2 amide bonds. The lowest BCUT2D eigenvalue weighted by atomic mass is 10.1. The number of carbonyl (C=O) groups is 2. The number of aliphatic hydroxyl groups excluding tert-OH is 1.